The fraction of sp³-hybridized carbons (Fsp3) is 0.292. The molecule has 6 nitrogen and oxygen atoms in total. The molecule has 1 saturated carbocycles. The molecule has 0 aliphatic heterocycles. The van der Waals surface area contributed by atoms with Crippen LogP contribution in [0.2, 0.25) is 0 Å². The Morgan fingerprint density at radius 2 is 1.80 bits per heavy atom. The van der Waals surface area contributed by atoms with Crippen LogP contribution in [0.3, 0.4) is 0 Å². The number of hydrogen-bond donors (Lipinski definition) is 1. The predicted molar refractivity (Wildman–Crippen MR) is 113 cm³/mol. The highest BCUT2D eigenvalue weighted by molar-refractivity contribution is 6.04. The molecule has 0 radical (unpaired) electrons. The first kappa shape index (κ1) is 19.9. The molecule has 154 valence electrons. The molecule has 0 unspecified atom stereocenters. The van der Waals surface area contributed by atoms with Gasteiger partial charge in [-0.05, 0) is 49.9 Å². The van der Waals surface area contributed by atoms with Crippen LogP contribution >= 0.6 is 0 Å². The van der Waals surface area contributed by atoms with E-state index in [0.717, 1.165) is 12.8 Å². The van der Waals surface area contributed by atoms with E-state index in [1.807, 2.05) is 30.3 Å². The van der Waals surface area contributed by atoms with Gasteiger partial charge >= 0.3 is 0 Å². The second kappa shape index (κ2) is 8.14. The number of carbonyl (C=O) groups excluding carboxylic acids is 2. The zero-order valence-corrected chi connectivity index (χ0v) is 16.8. The number of carbonyl (C=O) groups is 2. The Kier molecular flexibility index (Phi) is 5.40. The first-order chi connectivity index (χ1) is 14.4. The van der Waals surface area contributed by atoms with Crippen molar-refractivity contribution in [3.63, 3.8) is 0 Å². The third-order valence-electron chi connectivity index (χ3n) is 5.31. The molecule has 1 N–H and O–H groups in total. The van der Waals surface area contributed by atoms with Crippen LogP contribution in [0, 0.1) is 5.92 Å². The van der Waals surface area contributed by atoms with Gasteiger partial charge in [-0.2, -0.15) is 0 Å². The van der Waals surface area contributed by atoms with Crippen molar-refractivity contribution >= 4 is 22.5 Å². The average Bonchev–Trinajstić information content (AvgIpc) is 3.54. The summed E-state index contributed by atoms with van der Waals surface area (Å²) in [5, 5.41) is 11.2. The minimum atomic E-state index is -0.516. The summed E-state index contributed by atoms with van der Waals surface area (Å²) in [6.45, 7) is 1.88. The number of nitrogens with zero attached hydrogens (tertiary/aromatic N) is 1. The van der Waals surface area contributed by atoms with Gasteiger partial charge in [-0.15, -0.1) is 0 Å². The molecule has 1 heterocycles. The van der Waals surface area contributed by atoms with Crippen molar-refractivity contribution in [1.82, 2.24) is 4.57 Å². The molecule has 0 spiro atoms. The molecular weight excluding hydrogens is 382 g/mol. The molecule has 0 saturated heterocycles. The van der Waals surface area contributed by atoms with Gasteiger partial charge in [-0.25, -0.2) is 0 Å². The van der Waals surface area contributed by atoms with Gasteiger partial charge in [0.15, 0.2) is 5.78 Å². The Balaban J connectivity index is 1.81. The second-order valence-corrected chi connectivity index (χ2v) is 7.80. The molecule has 30 heavy (non-hydrogen) atoms. The van der Waals surface area contributed by atoms with Crippen LogP contribution in [0.4, 0.5) is 0 Å². The zero-order chi connectivity index (χ0) is 21.3. The molecule has 6 heteroatoms. The third-order valence-corrected chi connectivity index (χ3v) is 5.31. The Bertz CT molecular complexity index is 1180. The number of ether oxygens (including phenoxy) is 1. The van der Waals surface area contributed by atoms with Crippen LogP contribution in [0.25, 0.3) is 10.9 Å². The fourth-order valence-corrected chi connectivity index (χ4v) is 3.51. The largest absolute Gasteiger partial charge is 0.506 e. The zero-order valence-electron chi connectivity index (χ0n) is 16.8. The predicted octanol–water partition coefficient (Wildman–Crippen LogP) is 4.46. The smallest absolute Gasteiger partial charge is 0.265 e. The lowest BCUT2D eigenvalue weighted by atomic mass is 10.0. The lowest BCUT2D eigenvalue weighted by molar-refractivity contribution is -0.116. The number of para-hydroxylation sites is 1. The van der Waals surface area contributed by atoms with Gasteiger partial charge < -0.3 is 19.2 Å². The van der Waals surface area contributed by atoms with E-state index in [2.05, 4.69) is 0 Å². The summed E-state index contributed by atoms with van der Waals surface area (Å²) >= 11 is 0. The molecule has 3 aromatic rings. The fourth-order valence-electron chi connectivity index (χ4n) is 3.51. The SMILES string of the molecule is CC(=O)CCC(=O)c1c(O)c2ccc(Oc3ccccc3)cc2n(CC2CC2)c1=O. The highest BCUT2D eigenvalue weighted by Crippen LogP contribution is 2.35. The maximum atomic E-state index is 13.2. The first-order valence-electron chi connectivity index (χ1n) is 10.1. The van der Waals surface area contributed by atoms with E-state index in [4.69, 9.17) is 4.74 Å². The van der Waals surface area contributed by atoms with Gasteiger partial charge in [-0.1, -0.05) is 18.2 Å². The molecule has 0 atom stereocenters. The molecule has 2 aromatic carbocycles. The molecule has 4 rings (SSSR count). The molecule has 0 amide bonds. The second-order valence-electron chi connectivity index (χ2n) is 7.80. The molecule has 1 fully saturated rings. The van der Waals surface area contributed by atoms with Crippen molar-refractivity contribution < 1.29 is 19.4 Å². The quantitative estimate of drug-likeness (QED) is 0.559. The van der Waals surface area contributed by atoms with Crippen molar-refractivity contribution in [3.05, 3.63) is 64.4 Å². The summed E-state index contributed by atoms with van der Waals surface area (Å²) in [6.07, 6.45) is 2.01. The van der Waals surface area contributed by atoms with Crippen molar-refractivity contribution in [2.45, 2.75) is 39.2 Å². The van der Waals surface area contributed by atoms with E-state index in [1.54, 1.807) is 22.8 Å². The lowest BCUT2D eigenvalue weighted by Crippen LogP contribution is -2.28. The summed E-state index contributed by atoms with van der Waals surface area (Å²) in [7, 11) is 0. The lowest BCUT2D eigenvalue weighted by Gasteiger charge is -2.16. The summed E-state index contributed by atoms with van der Waals surface area (Å²) in [4.78, 5) is 37.1. The number of pyridine rings is 1. The van der Waals surface area contributed by atoms with Crippen LogP contribution in [0.5, 0.6) is 17.2 Å². The van der Waals surface area contributed by atoms with Crippen LogP contribution in [0.15, 0.2) is 53.3 Å². The number of benzene rings is 2. The minimum Gasteiger partial charge on any atom is -0.506 e. The third kappa shape index (κ3) is 4.13. The van der Waals surface area contributed by atoms with Gasteiger partial charge in [0.05, 0.1) is 5.52 Å². The van der Waals surface area contributed by atoms with Crippen molar-refractivity contribution in [1.29, 1.82) is 0 Å². The van der Waals surface area contributed by atoms with Gasteiger partial charge in [-0.3, -0.25) is 9.59 Å². The van der Waals surface area contributed by atoms with Crippen molar-refractivity contribution in [3.8, 4) is 17.2 Å². The highest BCUT2D eigenvalue weighted by atomic mass is 16.5. The standard InChI is InChI=1S/C24H23NO5/c1-15(26)7-12-21(27)22-23(28)19-11-10-18(30-17-5-3-2-4-6-17)13-20(19)25(24(22)29)14-16-8-9-16/h2-6,10-11,13,16,28H,7-9,12,14H2,1H3. The average molecular weight is 405 g/mol. The van der Waals surface area contributed by atoms with E-state index < -0.39 is 11.3 Å². The van der Waals surface area contributed by atoms with Gasteiger partial charge in [0.1, 0.15) is 28.6 Å². The summed E-state index contributed by atoms with van der Waals surface area (Å²) in [6, 6.07) is 14.4. The Hall–Kier alpha value is -3.41. The van der Waals surface area contributed by atoms with Crippen LogP contribution in [-0.2, 0) is 11.3 Å². The van der Waals surface area contributed by atoms with Gasteiger partial charge in [0.2, 0.25) is 0 Å². The number of aromatic hydroxyl groups is 1. The molecule has 1 aromatic heterocycles. The number of ketones is 2. The summed E-state index contributed by atoms with van der Waals surface area (Å²) < 4.78 is 7.44. The molecular formula is C24H23NO5. The number of aromatic nitrogens is 1. The van der Waals surface area contributed by atoms with E-state index in [0.29, 0.717) is 34.9 Å². The van der Waals surface area contributed by atoms with E-state index >= 15 is 0 Å². The molecule has 1 aliphatic carbocycles. The van der Waals surface area contributed by atoms with Crippen LogP contribution in [-0.4, -0.2) is 21.2 Å². The topological polar surface area (TPSA) is 85.6 Å². The van der Waals surface area contributed by atoms with Crippen molar-refractivity contribution in [2.75, 3.05) is 0 Å². The number of Topliss-reactive ketones (excluding diaryl/α,β-unsaturated/α-hetero) is 2. The Morgan fingerprint density at radius 1 is 1.07 bits per heavy atom. The monoisotopic (exact) mass is 405 g/mol. The minimum absolute atomic E-state index is 0.0439. The first-order valence-corrected chi connectivity index (χ1v) is 10.1. The Morgan fingerprint density at radius 3 is 2.47 bits per heavy atom. The maximum absolute atomic E-state index is 13.2. The van der Waals surface area contributed by atoms with E-state index in [9.17, 15) is 19.5 Å². The summed E-state index contributed by atoms with van der Waals surface area (Å²) in [5.74, 6) is 0.602. The Labute approximate surface area is 173 Å². The number of rotatable bonds is 8. The normalized spacial score (nSPS) is 13.4. The van der Waals surface area contributed by atoms with Gasteiger partial charge in [0.25, 0.3) is 5.56 Å². The molecule has 1 aliphatic rings. The van der Waals surface area contributed by atoms with Crippen molar-refractivity contribution in [2.24, 2.45) is 5.92 Å². The number of fused-ring (bicyclic) bond motifs is 1. The number of hydrogen-bond acceptors (Lipinski definition) is 5. The molecule has 0 bridgehead atoms. The van der Waals surface area contributed by atoms with E-state index in [1.165, 1.54) is 6.92 Å². The highest BCUT2D eigenvalue weighted by Gasteiger charge is 2.27. The van der Waals surface area contributed by atoms with Crippen LogP contribution in [0.1, 0.15) is 43.0 Å². The maximum Gasteiger partial charge on any atom is 0.265 e. The van der Waals surface area contributed by atoms with Crippen LogP contribution < -0.4 is 10.3 Å². The van der Waals surface area contributed by atoms with Gasteiger partial charge in [0, 0.05) is 30.8 Å². The summed E-state index contributed by atoms with van der Waals surface area (Å²) in [5.41, 5.74) is -0.223. The van der Waals surface area contributed by atoms with E-state index in [-0.39, 0.29) is 29.9 Å².